The quantitative estimate of drug-likeness (QED) is 0.549. The number of halogens is 1. The van der Waals surface area contributed by atoms with Gasteiger partial charge < -0.3 is 0 Å². The zero-order chi connectivity index (χ0) is 18.3. The average molecular weight is 365 g/mol. The molecule has 0 aliphatic rings. The number of amides is 1. The molecule has 0 saturated heterocycles. The first-order valence-electron chi connectivity index (χ1n) is 8.31. The second-order valence-electron chi connectivity index (χ2n) is 6.09. The van der Waals surface area contributed by atoms with Crippen LogP contribution in [0.15, 0.2) is 42.5 Å². The highest BCUT2D eigenvalue weighted by Gasteiger charge is 2.14. The molecule has 0 radical (unpaired) electrons. The first-order valence-corrected chi connectivity index (χ1v) is 9.13. The summed E-state index contributed by atoms with van der Waals surface area (Å²) in [6.45, 7) is 3.84. The molecule has 130 valence electrons. The third kappa shape index (κ3) is 3.04. The zero-order valence-corrected chi connectivity index (χ0v) is 15.2. The molecule has 2 aromatic heterocycles. The van der Waals surface area contributed by atoms with Gasteiger partial charge in [0.15, 0.2) is 5.13 Å². The molecular formula is C20H16FN3OS. The molecule has 2 heterocycles. The van der Waals surface area contributed by atoms with E-state index in [-0.39, 0.29) is 11.7 Å². The maximum atomic E-state index is 13.3. The monoisotopic (exact) mass is 365 g/mol. The predicted molar refractivity (Wildman–Crippen MR) is 103 cm³/mol. The number of aromatic nitrogens is 2. The lowest BCUT2D eigenvalue weighted by Gasteiger charge is -2.07. The molecule has 1 amide bonds. The summed E-state index contributed by atoms with van der Waals surface area (Å²) in [7, 11) is 0. The number of anilines is 1. The van der Waals surface area contributed by atoms with Crippen molar-refractivity contribution in [3.63, 3.8) is 0 Å². The number of pyridine rings is 1. The number of carbonyl (C=O) groups excluding carboxylic acids is 1. The molecule has 2 aromatic carbocycles. The van der Waals surface area contributed by atoms with E-state index in [1.54, 1.807) is 19.1 Å². The Morgan fingerprint density at radius 2 is 1.96 bits per heavy atom. The lowest BCUT2D eigenvalue weighted by atomic mass is 10.1. The van der Waals surface area contributed by atoms with Gasteiger partial charge in [-0.05, 0) is 49.2 Å². The number of aryl methyl sites for hydroxylation is 2. The van der Waals surface area contributed by atoms with Crippen molar-refractivity contribution < 1.29 is 9.18 Å². The van der Waals surface area contributed by atoms with Crippen LogP contribution in [0.1, 0.15) is 28.5 Å². The summed E-state index contributed by atoms with van der Waals surface area (Å²) in [4.78, 5) is 21.5. The van der Waals surface area contributed by atoms with E-state index in [1.165, 1.54) is 29.0 Å². The van der Waals surface area contributed by atoms with E-state index in [9.17, 15) is 9.18 Å². The van der Waals surface area contributed by atoms with E-state index >= 15 is 0 Å². The van der Waals surface area contributed by atoms with Crippen LogP contribution >= 0.6 is 11.3 Å². The highest BCUT2D eigenvalue weighted by molar-refractivity contribution is 7.22. The lowest BCUT2D eigenvalue weighted by Crippen LogP contribution is -2.14. The van der Waals surface area contributed by atoms with Gasteiger partial charge >= 0.3 is 0 Å². The van der Waals surface area contributed by atoms with E-state index in [4.69, 9.17) is 0 Å². The van der Waals surface area contributed by atoms with Crippen LogP contribution < -0.4 is 5.32 Å². The molecule has 0 bridgehead atoms. The molecule has 0 spiro atoms. The normalized spacial score (nSPS) is 11.2. The summed E-state index contributed by atoms with van der Waals surface area (Å²) in [5, 5.41) is 4.13. The second kappa shape index (κ2) is 6.46. The molecule has 4 rings (SSSR count). The van der Waals surface area contributed by atoms with Crippen LogP contribution in [0, 0.1) is 12.7 Å². The van der Waals surface area contributed by atoms with Crippen LogP contribution in [0.5, 0.6) is 0 Å². The highest BCUT2D eigenvalue weighted by Crippen LogP contribution is 2.28. The smallest absolute Gasteiger partial charge is 0.259 e. The second-order valence-corrected chi connectivity index (χ2v) is 7.12. The number of benzene rings is 2. The molecule has 26 heavy (non-hydrogen) atoms. The molecule has 0 unspecified atom stereocenters. The Morgan fingerprint density at radius 1 is 1.12 bits per heavy atom. The summed E-state index contributed by atoms with van der Waals surface area (Å²) in [6, 6.07) is 12.2. The van der Waals surface area contributed by atoms with Crippen LogP contribution in [-0.4, -0.2) is 15.9 Å². The summed E-state index contributed by atoms with van der Waals surface area (Å²) in [5.74, 6) is -0.612. The molecule has 4 nitrogen and oxygen atoms in total. The fourth-order valence-electron chi connectivity index (χ4n) is 2.87. The Hall–Kier alpha value is -2.86. The minimum absolute atomic E-state index is 0.268. The number of hydrogen-bond donors (Lipinski definition) is 1. The topological polar surface area (TPSA) is 54.9 Å². The van der Waals surface area contributed by atoms with Gasteiger partial charge in [0.2, 0.25) is 0 Å². The van der Waals surface area contributed by atoms with Crippen molar-refractivity contribution in [2.24, 2.45) is 0 Å². The highest BCUT2D eigenvalue weighted by atomic mass is 32.1. The SMILES string of the molecule is CCc1ccc2nc(NC(=O)c3cc4ccc(F)cc4nc3C)sc2c1. The van der Waals surface area contributed by atoms with Crippen LogP contribution in [0.25, 0.3) is 21.1 Å². The maximum absolute atomic E-state index is 13.3. The number of hydrogen-bond acceptors (Lipinski definition) is 4. The van der Waals surface area contributed by atoms with Gasteiger partial charge in [-0.2, -0.15) is 0 Å². The first-order chi connectivity index (χ1) is 12.5. The fraction of sp³-hybridized carbons (Fsp3) is 0.150. The van der Waals surface area contributed by atoms with Crippen molar-refractivity contribution in [2.45, 2.75) is 20.3 Å². The summed E-state index contributed by atoms with van der Waals surface area (Å²) in [6.07, 6.45) is 0.956. The Morgan fingerprint density at radius 3 is 2.77 bits per heavy atom. The summed E-state index contributed by atoms with van der Waals surface area (Å²) < 4.78 is 14.4. The number of nitrogens with one attached hydrogen (secondary N) is 1. The minimum atomic E-state index is -0.345. The fourth-order valence-corrected chi connectivity index (χ4v) is 3.80. The van der Waals surface area contributed by atoms with Crippen LogP contribution in [0.3, 0.4) is 0 Å². The number of fused-ring (bicyclic) bond motifs is 2. The molecule has 6 heteroatoms. The van der Waals surface area contributed by atoms with Gasteiger partial charge in [0.1, 0.15) is 5.82 Å². The third-order valence-electron chi connectivity index (χ3n) is 4.30. The van der Waals surface area contributed by atoms with Crippen molar-refractivity contribution in [3.8, 4) is 0 Å². The average Bonchev–Trinajstić information content (AvgIpc) is 3.01. The van der Waals surface area contributed by atoms with Crippen LogP contribution in [0.2, 0.25) is 0 Å². The van der Waals surface area contributed by atoms with E-state index < -0.39 is 0 Å². The molecule has 1 N–H and O–H groups in total. The van der Waals surface area contributed by atoms with Crippen molar-refractivity contribution in [3.05, 3.63) is 65.1 Å². The van der Waals surface area contributed by atoms with E-state index in [2.05, 4.69) is 28.3 Å². The van der Waals surface area contributed by atoms with Crippen molar-refractivity contribution in [1.29, 1.82) is 0 Å². The van der Waals surface area contributed by atoms with Gasteiger partial charge in [-0.3, -0.25) is 15.1 Å². The van der Waals surface area contributed by atoms with Crippen LogP contribution in [0.4, 0.5) is 9.52 Å². The van der Waals surface area contributed by atoms with Gasteiger partial charge in [-0.1, -0.05) is 24.3 Å². The number of carbonyl (C=O) groups is 1. The van der Waals surface area contributed by atoms with Gasteiger partial charge in [0, 0.05) is 11.5 Å². The Balaban J connectivity index is 1.66. The van der Waals surface area contributed by atoms with Crippen LogP contribution in [-0.2, 0) is 6.42 Å². The van der Waals surface area contributed by atoms with Gasteiger partial charge in [0.05, 0.1) is 27.0 Å². The zero-order valence-electron chi connectivity index (χ0n) is 14.3. The maximum Gasteiger partial charge on any atom is 0.259 e. The van der Waals surface area contributed by atoms with Gasteiger partial charge in [-0.25, -0.2) is 9.37 Å². The predicted octanol–water partition coefficient (Wildman–Crippen LogP) is 5.11. The molecule has 0 aliphatic carbocycles. The molecular weight excluding hydrogens is 349 g/mol. The van der Waals surface area contributed by atoms with Gasteiger partial charge in [-0.15, -0.1) is 0 Å². The third-order valence-corrected chi connectivity index (χ3v) is 5.23. The van der Waals surface area contributed by atoms with E-state index in [0.717, 1.165) is 22.0 Å². The van der Waals surface area contributed by atoms with E-state index in [1.807, 2.05) is 12.1 Å². The Bertz CT molecular complexity index is 1150. The van der Waals surface area contributed by atoms with Gasteiger partial charge in [0.25, 0.3) is 5.91 Å². The number of rotatable bonds is 3. The number of thiazole rings is 1. The van der Waals surface area contributed by atoms with Crippen molar-refractivity contribution in [2.75, 3.05) is 5.32 Å². The molecule has 0 aliphatic heterocycles. The Kier molecular flexibility index (Phi) is 4.12. The van der Waals surface area contributed by atoms with Crippen molar-refractivity contribution in [1.82, 2.24) is 9.97 Å². The summed E-state index contributed by atoms with van der Waals surface area (Å²) >= 11 is 1.45. The molecule has 0 atom stereocenters. The first kappa shape index (κ1) is 16.6. The summed E-state index contributed by atoms with van der Waals surface area (Å²) in [5.41, 5.74) is 3.64. The van der Waals surface area contributed by atoms with Crippen molar-refractivity contribution >= 4 is 43.5 Å². The largest absolute Gasteiger partial charge is 0.298 e. The molecule has 0 saturated carbocycles. The minimum Gasteiger partial charge on any atom is -0.298 e. The molecule has 0 fully saturated rings. The molecule has 4 aromatic rings. The number of nitrogens with zero attached hydrogens (tertiary/aromatic N) is 2. The standard InChI is InChI=1S/C20H16FN3OS/c1-3-12-4-7-16-18(8-12)26-20(23-16)24-19(25)15-9-13-5-6-14(21)10-17(13)22-11(15)2/h4-10H,3H2,1-2H3,(H,23,24,25). The van der Waals surface area contributed by atoms with E-state index in [0.29, 0.717) is 21.9 Å². The Labute approximate surface area is 153 Å². The lowest BCUT2D eigenvalue weighted by molar-refractivity contribution is 0.102.